The fourth-order valence-corrected chi connectivity index (χ4v) is 2.86. The Morgan fingerprint density at radius 2 is 1.82 bits per heavy atom. The van der Waals surface area contributed by atoms with Crippen molar-refractivity contribution in [1.82, 2.24) is 18.7 Å². The van der Waals surface area contributed by atoms with Crippen LogP contribution in [0.3, 0.4) is 0 Å². The van der Waals surface area contributed by atoms with Crippen LogP contribution in [-0.2, 0) is 20.6 Å². The summed E-state index contributed by atoms with van der Waals surface area (Å²) < 4.78 is 4.04. The van der Waals surface area contributed by atoms with E-state index in [-0.39, 0.29) is 11.4 Å². The molecular weight excluding hydrogens is 360 g/mol. The van der Waals surface area contributed by atoms with E-state index in [4.69, 9.17) is 0 Å². The Hall–Kier alpha value is -3.62. The number of rotatable bonds is 5. The van der Waals surface area contributed by atoms with Crippen LogP contribution in [-0.4, -0.2) is 29.5 Å². The first kappa shape index (κ1) is 19.2. The van der Waals surface area contributed by atoms with E-state index in [9.17, 15) is 14.7 Å². The smallest absolute Gasteiger partial charge is 0.332 e. The van der Waals surface area contributed by atoms with Crippen molar-refractivity contribution in [3.63, 3.8) is 0 Å². The van der Waals surface area contributed by atoms with Crippen LogP contribution < -0.4 is 16.7 Å². The van der Waals surface area contributed by atoms with Gasteiger partial charge < -0.3 is 5.11 Å². The second-order valence-corrected chi connectivity index (χ2v) is 6.71. The minimum Gasteiger partial charge on any atom is -0.508 e. The van der Waals surface area contributed by atoms with E-state index in [2.05, 4.69) is 22.1 Å². The number of phenolic OH excluding ortho intramolecular Hbond substituents is 1. The predicted octanol–water partition coefficient (Wildman–Crippen LogP) is 1.55. The van der Waals surface area contributed by atoms with Gasteiger partial charge in [0.05, 0.1) is 5.71 Å². The minimum absolute atomic E-state index is 0.171. The lowest BCUT2D eigenvalue weighted by atomic mass is 10.1. The number of hydrogen-bond acceptors (Lipinski definition) is 6. The molecular formula is C19H22N6O3. The van der Waals surface area contributed by atoms with Gasteiger partial charge in [-0.05, 0) is 43.7 Å². The first-order valence-electron chi connectivity index (χ1n) is 8.61. The van der Waals surface area contributed by atoms with Crippen molar-refractivity contribution < 1.29 is 5.11 Å². The summed E-state index contributed by atoms with van der Waals surface area (Å²) in [6, 6.07) is 6.63. The lowest BCUT2D eigenvalue weighted by Gasteiger charge is -2.09. The van der Waals surface area contributed by atoms with E-state index >= 15 is 0 Å². The number of aromatic nitrogens is 4. The highest BCUT2D eigenvalue weighted by Gasteiger charge is 2.19. The summed E-state index contributed by atoms with van der Waals surface area (Å²) in [4.78, 5) is 29.3. The molecule has 28 heavy (non-hydrogen) atoms. The van der Waals surface area contributed by atoms with Gasteiger partial charge >= 0.3 is 5.69 Å². The van der Waals surface area contributed by atoms with Gasteiger partial charge in [-0.15, -0.1) is 0 Å². The molecule has 3 aromatic rings. The molecule has 0 atom stereocenters. The van der Waals surface area contributed by atoms with E-state index in [0.717, 1.165) is 15.7 Å². The molecule has 9 nitrogen and oxygen atoms in total. The average molecular weight is 382 g/mol. The second-order valence-electron chi connectivity index (χ2n) is 6.71. The lowest BCUT2D eigenvalue weighted by Crippen LogP contribution is -2.37. The molecule has 1 aromatic carbocycles. The molecule has 146 valence electrons. The van der Waals surface area contributed by atoms with Crippen LogP contribution in [0, 0.1) is 0 Å². The third kappa shape index (κ3) is 3.34. The summed E-state index contributed by atoms with van der Waals surface area (Å²) >= 11 is 0. The van der Waals surface area contributed by atoms with Gasteiger partial charge in [-0.25, -0.2) is 10.2 Å². The monoisotopic (exact) mass is 382 g/mol. The molecule has 3 rings (SSSR count). The maximum atomic E-state index is 12.7. The maximum absolute atomic E-state index is 12.7. The Balaban J connectivity index is 2.13. The summed E-state index contributed by atoms with van der Waals surface area (Å²) in [6.07, 6.45) is 0. The topological polar surface area (TPSA) is 106 Å². The summed E-state index contributed by atoms with van der Waals surface area (Å²) in [5.41, 5.74) is 4.87. The molecule has 0 spiro atoms. The molecule has 9 heteroatoms. The van der Waals surface area contributed by atoms with E-state index in [1.807, 2.05) is 6.92 Å². The fourth-order valence-electron chi connectivity index (χ4n) is 2.86. The van der Waals surface area contributed by atoms with Gasteiger partial charge in [0.2, 0.25) is 5.95 Å². The molecule has 0 saturated carbocycles. The second kappa shape index (κ2) is 7.18. The number of aryl methyl sites for hydroxylation is 1. The number of anilines is 1. The quantitative estimate of drug-likeness (QED) is 0.396. The number of nitrogens with zero attached hydrogens (tertiary/aromatic N) is 5. The summed E-state index contributed by atoms with van der Waals surface area (Å²) in [5.74, 6) is 0.499. The molecule has 0 aliphatic heterocycles. The van der Waals surface area contributed by atoms with Crippen molar-refractivity contribution in [2.24, 2.45) is 19.2 Å². The van der Waals surface area contributed by atoms with Gasteiger partial charge in [0.1, 0.15) is 5.75 Å². The first-order chi connectivity index (χ1) is 13.2. The summed E-state index contributed by atoms with van der Waals surface area (Å²) in [7, 11) is 3.00. The Labute approximate surface area is 160 Å². The molecule has 0 unspecified atom stereocenters. The molecule has 0 aliphatic carbocycles. The highest BCUT2D eigenvalue weighted by Crippen LogP contribution is 2.18. The zero-order chi connectivity index (χ0) is 20.6. The van der Waals surface area contributed by atoms with E-state index < -0.39 is 11.2 Å². The number of hydrazone groups is 1. The van der Waals surface area contributed by atoms with Crippen LogP contribution in [0.25, 0.3) is 11.2 Å². The molecule has 0 amide bonds. The third-order valence-electron chi connectivity index (χ3n) is 4.38. The largest absolute Gasteiger partial charge is 0.508 e. The van der Waals surface area contributed by atoms with E-state index in [1.54, 1.807) is 42.8 Å². The number of allylic oxidation sites excluding steroid dienone is 1. The number of benzene rings is 1. The average Bonchev–Trinajstić information content (AvgIpc) is 3.01. The highest BCUT2D eigenvalue weighted by atomic mass is 16.3. The van der Waals surface area contributed by atoms with Gasteiger partial charge in [0.15, 0.2) is 11.2 Å². The zero-order valence-corrected chi connectivity index (χ0v) is 16.2. The van der Waals surface area contributed by atoms with E-state index in [1.165, 1.54) is 11.6 Å². The Bertz CT molecular complexity index is 1210. The number of phenols is 1. The minimum atomic E-state index is -0.451. The molecule has 2 heterocycles. The molecule has 0 aliphatic rings. The van der Waals surface area contributed by atoms with Gasteiger partial charge in [-0.1, -0.05) is 12.2 Å². The highest BCUT2D eigenvalue weighted by molar-refractivity contribution is 5.99. The first-order valence-corrected chi connectivity index (χ1v) is 8.61. The van der Waals surface area contributed by atoms with Gasteiger partial charge in [-0.3, -0.25) is 18.5 Å². The number of nitrogens with one attached hydrogen (secondary N) is 1. The van der Waals surface area contributed by atoms with Crippen molar-refractivity contribution >= 4 is 22.8 Å². The standard InChI is InChI=1S/C19H22N6O3/c1-11(2)10-25-15-16(23(4)19(28)24(5)17(15)27)20-18(25)22-21-12(3)13-6-8-14(26)9-7-13/h6-9,26H,1,10H2,2-5H3,(H,20,22)/b21-12-. The summed E-state index contributed by atoms with van der Waals surface area (Å²) in [5, 5.41) is 13.7. The van der Waals surface area contributed by atoms with Crippen LogP contribution in [0.5, 0.6) is 5.75 Å². The summed E-state index contributed by atoms with van der Waals surface area (Å²) in [6.45, 7) is 7.90. The molecule has 2 N–H and O–H groups in total. The molecule has 0 saturated heterocycles. The normalized spacial score (nSPS) is 11.8. The van der Waals surface area contributed by atoms with Crippen molar-refractivity contribution in [2.45, 2.75) is 20.4 Å². The maximum Gasteiger partial charge on any atom is 0.332 e. The van der Waals surface area contributed by atoms with Gasteiger partial charge in [0.25, 0.3) is 5.56 Å². The lowest BCUT2D eigenvalue weighted by molar-refractivity contribution is 0.475. The predicted molar refractivity (Wildman–Crippen MR) is 109 cm³/mol. The number of aromatic hydroxyl groups is 1. The Kier molecular flexibility index (Phi) is 4.91. The molecule has 0 fully saturated rings. The van der Waals surface area contributed by atoms with Gasteiger partial charge in [-0.2, -0.15) is 10.1 Å². The van der Waals surface area contributed by atoms with Gasteiger partial charge in [0, 0.05) is 20.6 Å². The van der Waals surface area contributed by atoms with Crippen LogP contribution in [0.2, 0.25) is 0 Å². The number of hydrogen-bond donors (Lipinski definition) is 2. The van der Waals surface area contributed by atoms with Crippen LogP contribution in [0.1, 0.15) is 19.4 Å². The van der Waals surface area contributed by atoms with Crippen LogP contribution >= 0.6 is 0 Å². The number of imidazole rings is 1. The zero-order valence-electron chi connectivity index (χ0n) is 16.2. The van der Waals surface area contributed by atoms with E-state index in [0.29, 0.717) is 23.7 Å². The third-order valence-corrected chi connectivity index (χ3v) is 4.38. The van der Waals surface area contributed by atoms with Crippen molar-refractivity contribution in [3.8, 4) is 5.75 Å². The molecule has 2 aromatic heterocycles. The molecule has 0 radical (unpaired) electrons. The van der Waals surface area contributed by atoms with Crippen molar-refractivity contribution in [1.29, 1.82) is 0 Å². The fraction of sp³-hybridized carbons (Fsp3) is 0.263. The Morgan fingerprint density at radius 1 is 1.18 bits per heavy atom. The number of fused-ring (bicyclic) bond motifs is 1. The molecule has 0 bridgehead atoms. The Morgan fingerprint density at radius 3 is 2.43 bits per heavy atom. The SMILES string of the molecule is C=C(C)Cn1c(N/N=C(/C)c2ccc(O)cc2)nc2c1c(=O)n(C)c(=O)n2C. The van der Waals surface area contributed by atoms with Crippen LogP contribution in [0.15, 0.2) is 51.1 Å². The van der Waals surface area contributed by atoms with Crippen molar-refractivity contribution in [3.05, 3.63) is 62.8 Å². The van der Waals surface area contributed by atoms with Crippen molar-refractivity contribution in [2.75, 3.05) is 5.43 Å². The van der Waals surface area contributed by atoms with Crippen LogP contribution in [0.4, 0.5) is 5.95 Å².